The molecule has 0 aliphatic heterocycles. The van der Waals surface area contributed by atoms with E-state index in [2.05, 4.69) is 18.2 Å². The van der Waals surface area contributed by atoms with E-state index in [1.54, 1.807) is 0 Å². The zero-order valence-electron chi connectivity index (χ0n) is 7.20. The summed E-state index contributed by atoms with van der Waals surface area (Å²) < 4.78 is 0. The Kier molecular flexibility index (Phi) is 2.24. The third kappa shape index (κ3) is 1.68. The van der Waals surface area contributed by atoms with Gasteiger partial charge in [0.05, 0.1) is 6.07 Å². The van der Waals surface area contributed by atoms with E-state index in [1.165, 1.54) is 5.56 Å². The predicted molar refractivity (Wildman–Crippen MR) is 52.5 cm³/mol. The van der Waals surface area contributed by atoms with E-state index in [0.29, 0.717) is 5.92 Å². The zero-order valence-corrected chi connectivity index (χ0v) is 7.96. The lowest BCUT2D eigenvalue weighted by Crippen LogP contribution is -2.19. The molecule has 1 aromatic carbocycles. The molecule has 0 aromatic heterocycles. The van der Waals surface area contributed by atoms with E-state index < -0.39 is 0 Å². The molecule has 1 nitrogen and oxygen atoms in total. The lowest BCUT2D eigenvalue weighted by atomic mass is 9.72. The molecule has 1 aliphatic carbocycles. The van der Waals surface area contributed by atoms with Crippen molar-refractivity contribution in [2.45, 2.75) is 18.8 Å². The average molecular weight is 192 g/mol. The molecule has 66 valence electrons. The Bertz CT molecular complexity index is 330. The molecular weight excluding hydrogens is 182 g/mol. The first kappa shape index (κ1) is 8.59. The van der Waals surface area contributed by atoms with E-state index in [1.807, 2.05) is 12.1 Å². The van der Waals surface area contributed by atoms with Gasteiger partial charge in [0.2, 0.25) is 0 Å². The first-order valence-electron chi connectivity index (χ1n) is 4.44. The van der Waals surface area contributed by atoms with Crippen LogP contribution in [-0.2, 0) is 0 Å². The van der Waals surface area contributed by atoms with Crippen molar-refractivity contribution >= 4 is 11.6 Å². The van der Waals surface area contributed by atoms with Gasteiger partial charge in [0.1, 0.15) is 0 Å². The van der Waals surface area contributed by atoms with Crippen LogP contribution < -0.4 is 0 Å². The highest BCUT2D eigenvalue weighted by atomic mass is 35.5. The number of halogens is 1. The topological polar surface area (TPSA) is 23.8 Å². The van der Waals surface area contributed by atoms with E-state index in [-0.39, 0.29) is 5.92 Å². The number of hydrogen-bond acceptors (Lipinski definition) is 1. The van der Waals surface area contributed by atoms with Gasteiger partial charge in [-0.3, -0.25) is 0 Å². The van der Waals surface area contributed by atoms with E-state index >= 15 is 0 Å². The summed E-state index contributed by atoms with van der Waals surface area (Å²) in [5.74, 6) is 0.864. The minimum Gasteiger partial charge on any atom is -0.198 e. The summed E-state index contributed by atoms with van der Waals surface area (Å²) >= 11 is 5.78. The Morgan fingerprint density at radius 1 is 1.23 bits per heavy atom. The van der Waals surface area contributed by atoms with Gasteiger partial charge in [-0.15, -0.1) is 0 Å². The largest absolute Gasteiger partial charge is 0.198 e. The lowest BCUT2D eigenvalue weighted by Gasteiger charge is -2.30. The summed E-state index contributed by atoms with van der Waals surface area (Å²) in [4.78, 5) is 0. The average Bonchev–Trinajstić information content (AvgIpc) is 2.06. The zero-order chi connectivity index (χ0) is 9.26. The third-order valence-corrected chi connectivity index (χ3v) is 2.91. The summed E-state index contributed by atoms with van der Waals surface area (Å²) in [6.45, 7) is 0. The van der Waals surface area contributed by atoms with Crippen molar-refractivity contribution in [3.8, 4) is 6.07 Å². The summed E-state index contributed by atoms with van der Waals surface area (Å²) in [6, 6.07) is 10.2. The fourth-order valence-corrected chi connectivity index (χ4v) is 1.86. The van der Waals surface area contributed by atoms with Gasteiger partial charge < -0.3 is 0 Å². The number of rotatable bonds is 1. The molecule has 0 saturated heterocycles. The predicted octanol–water partition coefficient (Wildman–Crippen LogP) is 3.36. The normalized spacial score (nSPS) is 26.2. The van der Waals surface area contributed by atoms with Gasteiger partial charge in [0.25, 0.3) is 0 Å². The molecule has 2 rings (SSSR count). The van der Waals surface area contributed by atoms with Crippen LogP contribution in [0, 0.1) is 17.2 Å². The van der Waals surface area contributed by atoms with Crippen molar-refractivity contribution in [2.75, 3.05) is 0 Å². The van der Waals surface area contributed by atoms with Crippen molar-refractivity contribution in [2.24, 2.45) is 5.92 Å². The highest BCUT2D eigenvalue weighted by molar-refractivity contribution is 6.30. The molecule has 0 bridgehead atoms. The molecule has 0 unspecified atom stereocenters. The molecule has 0 amide bonds. The molecule has 1 aliphatic rings. The fourth-order valence-electron chi connectivity index (χ4n) is 1.73. The Morgan fingerprint density at radius 2 is 1.85 bits per heavy atom. The number of nitriles is 1. The monoisotopic (exact) mass is 191 g/mol. The van der Waals surface area contributed by atoms with Crippen LogP contribution in [0.15, 0.2) is 24.3 Å². The maximum Gasteiger partial charge on any atom is 0.0656 e. The van der Waals surface area contributed by atoms with Gasteiger partial charge >= 0.3 is 0 Å². The SMILES string of the molecule is N#CC1CC(c2ccc(Cl)cc2)C1. The molecule has 0 atom stereocenters. The molecule has 1 fully saturated rings. The summed E-state index contributed by atoms with van der Waals surface area (Å²) in [6.07, 6.45) is 2.02. The fraction of sp³-hybridized carbons (Fsp3) is 0.364. The number of benzene rings is 1. The summed E-state index contributed by atoms with van der Waals surface area (Å²) in [5.41, 5.74) is 1.32. The Balaban J connectivity index is 2.04. The molecule has 0 radical (unpaired) electrons. The van der Waals surface area contributed by atoms with Gasteiger partial charge in [-0.25, -0.2) is 0 Å². The quantitative estimate of drug-likeness (QED) is 0.668. The van der Waals surface area contributed by atoms with Gasteiger partial charge in [-0.05, 0) is 36.5 Å². The Morgan fingerprint density at radius 3 is 2.38 bits per heavy atom. The second kappa shape index (κ2) is 3.40. The second-order valence-electron chi connectivity index (χ2n) is 3.55. The van der Waals surface area contributed by atoms with Crippen LogP contribution in [0.25, 0.3) is 0 Å². The number of nitrogens with zero attached hydrogens (tertiary/aromatic N) is 1. The first-order chi connectivity index (χ1) is 6.29. The van der Waals surface area contributed by atoms with Crippen molar-refractivity contribution in [1.82, 2.24) is 0 Å². The van der Waals surface area contributed by atoms with Crippen LogP contribution in [-0.4, -0.2) is 0 Å². The minimum absolute atomic E-state index is 0.278. The van der Waals surface area contributed by atoms with Gasteiger partial charge in [0, 0.05) is 10.9 Å². The van der Waals surface area contributed by atoms with Crippen LogP contribution in [0.4, 0.5) is 0 Å². The van der Waals surface area contributed by atoms with Crippen molar-refractivity contribution in [3.63, 3.8) is 0 Å². The van der Waals surface area contributed by atoms with E-state index in [4.69, 9.17) is 16.9 Å². The van der Waals surface area contributed by atoms with Crippen molar-refractivity contribution in [1.29, 1.82) is 5.26 Å². The second-order valence-corrected chi connectivity index (χ2v) is 3.98. The van der Waals surface area contributed by atoms with Crippen LogP contribution in [0.2, 0.25) is 5.02 Å². The van der Waals surface area contributed by atoms with Gasteiger partial charge in [-0.2, -0.15) is 5.26 Å². The smallest absolute Gasteiger partial charge is 0.0656 e. The minimum atomic E-state index is 0.278. The van der Waals surface area contributed by atoms with E-state index in [9.17, 15) is 0 Å². The van der Waals surface area contributed by atoms with Crippen molar-refractivity contribution < 1.29 is 0 Å². The standard InChI is InChI=1S/C11H10ClN/c12-11-3-1-9(2-4-11)10-5-8(6-10)7-13/h1-4,8,10H,5-6H2. The Labute approximate surface area is 82.9 Å². The van der Waals surface area contributed by atoms with Crippen molar-refractivity contribution in [3.05, 3.63) is 34.9 Å². The maximum atomic E-state index is 8.62. The van der Waals surface area contributed by atoms with Crippen LogP contribution >= 0.6 is 11.6 Å². The first-order valence-corrected chi connectivity index (χ1v) is 4.82. The van der Waals surface area contributed by atoms with E-state index in [0.717, 1.165) is 17.9 Å². The maximum absolute atomic E-state index is 8.62. The molecule has 0 spiro atoms. The molecular formula is C11H10ClN. The summed E-state index contributed by atoms with van der Waals surface area (Å²) in [7, 11) is 0. The van der Waals surface area contributed by atoms with Crippen LogP contribution in [0.3, 0.4) is 0 Å². The molecule has 1 saturated carbocycles. The third-order valence-electron chi connectivity index (χ3n) is 2.66. The molecule has 13 heavy (non-hydrogen) atoms. The molecule has 0 heterocycles. The molecule has 1 aromatic rings. The van der Waals surface area contributed by atoms with Gasteiger partial charge in [0.15, 0.2) is 0 Å². The Hall–Kier alpha value is -1.00. The molecule has 2 heteroatoms. The molecule has 0 N–H and O–H groups in total. The van der Waals surface area contributed by atoms with Gasteiger partial charge in [-0.1, -0.05) is 23.7 Å². The summed E-state index contributed by atoms with van der Waals surface area (Å²) in [5, 5.41) is 9.40. The van der Waals surface area contributed by atoms with Crippen LogP contribution in [0.5, 0.6) is 0 Å². The highest BCUT2D eigenvalue weighted by Gasteiger charge is 2.29. The lowest BCUT2D eigenvalue weighted by molar-refractivity contribution is 0.331. The van der Waals surface area contributed by atoms with Crippen LogP contribution in [0.1, 0.15) is 24.3 Å². The highest BCUT2D eigenvalue weighted by Crippen LogP contribution is 2.41. The number of hydrogen-bond donors (Lipinski definition) is 0.